The largest absolute Gasteiger partial charge is 0.790 e. The van der Waals surface area contributed by atoms with E-state index < -0.39 is 13.4 Å². The Kier molecular flexibility index (Phi) is 16.6. The minimum Gasteiger partial charge on any atom is -0.790 e. The van der Waals surface area contributed by atoms with Crippen molar-refractivity contribution in [3.05, 3.63) is 12.2 Å². The summed E-state index contributed by atoms with van der Waals surface area (Å²) in [6.45, 7) is 5.14. The first kappa shape index (κ1) is 28.3. The van der Waals surface area contributed by atoms with Crippen LogP contribution in [0.3, 0.4) is 0 Å². The van der Waals surface area contributed by atoms with E-state index >= 15 is 0 Å². The van der Waals surface area contributed by atoms with Crippen LogP contribution in [0.1, 0.15) is 111 Å². The number of phosphoric ester groups is 1. The monoisotopic (exact) mass is 431 g/mol. The zero-order valence-electron chi connectivity index (χ0n) is 18.7. The normalized spacial score (nSPS) is 12.6. The van der Waals surface area contributed by atoms with Crippen molar-refractivity contribution in [3.8, 4) is 0 Å². The molecular weight excluding hydrogens is 389 g/mol. The molecule has 0 fully saturated rings. The second-order valence-corrected chi connectivity index (χ2v) is 9.64. The van der Waals surface area contributed by atoms with Gasteiger partial charge in [0.2, 0.25) is 5.91 Å². The second kappa shape index (κ2) is 17.0. The number of amides is 1. The Hall–Kier alpha value is -0.680. The van der Waals surface area contributed by atoms with Crippen LogP contribution in [0.25, 0.3) is 0 Å². The molecule has 7 heteroatoms. The highest BCUT2D eigenvalue weighted by Crippen LogP contribution is 2.26. The quantitative estimate of drug-likeness (QED) is 0.180. The van der Waals surface area contributed by atoms with E-state index in [2.05, 4.69) is 28.9 Å². The van der Waals surface area contributed by atoms with Crippen LogP contribution >= 0.6 is 7.82 Å². The van der Waals surface area contributed by atoms with E-state index in [0.717, 1.165) is 25.7 Å². The third kappa shape index (κ3) is 21.8. The Bertz CT molecular complexity index is 488. The maximum Gasteiger partial charge on any atom is 0.220 e. The van der Waals surface area contributed by atoms with Gasteiger partial charge >= 0.3 is 0 Å². The second-order valence-electron chi connectivity index (χ2n) is 8.49. The lowest BCUT2D eigenvalue weighted by Gasteiger charge is -2.34. The van der Waals surface area contributed by atoms with Crippen LogP contribution in [0.15, 0.2) is 12.2 Å². The van der Waals surface area contributed by atoms with Gasteiger partial charge in [0.05, 0.1) is 20.0 Å². The van der Waals surface area contributed by atoms with Gasteiger partial charge in [-0.05, 0) is 46.0 Å². The Labute approximate surface area is 178 Å². The minimum absolute atomic E-state index is 0.150. The van der Waals surface area contributed by atoms with Crippen molar-refractivity contribution >= 4 is 13.7 Å². The number of carbonyl (C=O) groups excluding carboxylic acids is 1. The molecule has 1 N–H and O–H groups in total. The van der Waals surface area contributed by atoms with Gasteiger partial charge < -0.3 is 24.2 Å². The Morgan fingerprint density at radius 2 is 1.38 bits per heavy atom. The number of carbonyl (C=O) groups is 1. The van der Waals surface area contributed by atoms with Gasteiger partial charge in [-0.2, -0.15) is 0 Å². The van der Waals surface area contributed by atoms with Crippen molar-refractivity contribution in [2.75, 3.05) is 6.61 Å². The fraction of sp³-hybridized carbons (Fsp3) is 0.864. The molecular formula is C22H42NO5P-2. The van der Waals surface area contributed by atoms with E-state index in [9.17, 15) is 19.1 Å². The summed E-state index contributed by atoms with van der Waals surface area (Å²) in [5, 5.41) is 2.71. The molecule has 1 amide bonds. The number of phosphoric acid groups is 1. The molecule has 6 nitrogen and oxygen atoms in total. The van der Waals surface area contributed by atoms with Crippen molar-refractivity contribution in [2.45, 2.75) is 116 Å². The van der Waals surface area contributed by atoms with Gasteiger partial charge in [0.25, 0.3) is 0 Å². The highest BCUT2D eigenvalue weighted by molar-refractivity contribution is 7.43. The predicted molar refractivity (Wildman–Crippen MR) is 115 cm³/mol. The summed E-state index contributed by atoms with van der Waals surface area (Å²) in [7, 11) is -5.02. The average molecular weight is 432 g/mol. The first-order chi connectivity index (χ1) is 13.7. The SMILES string of the molecule is CCCCCCCC/C=C\CCCCCCCC(=O)NC(C)(C)COP(=O)([O-])[O-]. The maximum absolute atomic E-state index is 11.9. The smallest absolute Gasteiger partial charge is 0.220 e. The molecule has 0 bridgehead atoms. The van der Waals surface area contributed by atoms with E-state index in [-0.39, 0.29) is 12.5 Å². The van der Waals surface area contributed by atoms with Crippen LogP contribution in [0.5, 0.6) is 0 Å². The highest BCUT2D eigenvalue weighted by atomic mass is 31.2. The van der Waals surface area contributed by atoms with Crippen LogP contribution in [0.2, 0.25) is 0 Å². The Morgan fingerprint density at radius 1 is 0.897 bits per heavy atom. The molecule has 0 unspecified atom stereocenters. The average Bonchev–Trinajstić information content (AvgIpc) is 2.62. The van der Waals surface area contributed by atoms with Gasteiger partial charge in [-0.1, -0.05) is 70.4 Å². The lowest BCUT2D eigenvalue weighted by Crippen LogP contribution is -2.47. The number of unbranched alkanes of at least 4 members (excludes halogenated alkanes) is 11. The third-order valence-electron chi connectivity index (χ3n) is 4.73. The van der Waals surface area contributed by atoms with Crippen LogP contribution < -0.4 is 15.1 Å². The van der Waals surface area contributed by atoms with Gasteiger partial charge in [0.15, 0.2) is 0 Å². The topological polar surface area (TPSA) is 102 Å². The lowest BCUT2D eigenvalue weighted by molar-refractivity contribution is -0.342. The van der Waals surface area contributed by atoms with E-state index in [1.54, 1.807) is 13.8 Å². The highest BCUT2D eigenvalue weighted by Gasteiger charge is 2.21. The molecule has 0 aromatic heterocycles. The fourth-order valence-electron chi connectivity index (χ4n) is 3.07. The molecule has 0 saturated carbocycles. The number of nitrogens with one attached hydrogen (secondary N) is 1. The summed E-state index contributed by atoms with van der Waals surface area (Å²) >= 11 is 0. The summed E-state index contributed by atoms with van der Waals surface area (Å²) in [5.41, 5.74) is -0.886. The number of hydrogen-bond donors (Lipinski definition) is 1. The van der Waals surface area contributed by atoms with E-state index in [1.165, 1.54) is 57.8 Å². The summed E-state index contributed by atoms with van der Waals surface area (Å²) in [5.74, 6) is -0.150. The summed E-state index contributed by atoms with van der Waals surface area (Å²) < 4.78 is 14.8. The lowest BCUT2D eigenvalue weighted by atomic mass is 10.1. The molecule has 0 aliphatic heterocycles. The van der Waals surface area contributed by atoms with Crippen molar-refractivity contribution in [3.63, 3.8) is 0 Å². The van der Waals surface area contributed by atoms with Crippen molar-refractivity contribution in [1.29, 1.82) is 0 Å². The van der Waals surface area contributed by atoms with Crippen molar-refractivity contribution < 1.29 is 23.7 Å². The molecule has 0 aliphatic rings. The minimum atomic E-state index is -5.02. The zero-order valence-corrected chi connectivity index (χ0v) is 19.6. The van der Waals surface area contributed by atoms with E-state index in [1.807, 2.05) is 0 Å². The third-order valence-corrected chi connectivity index (χ3v) is 5.17. The van der Waals surface area contributed by atoms with Crippen LogP contribution in [0, 0.1) is 0 Å². The molecule has 172 valence electrons. The molecule has 0 aromatic carbocycles. The van der Waals surface area contributed by atoms with Gasteiger partial charge in [0, 0.05) is 6.42 Å². The molecule has 29 heavy (non-hydrogen) atoms. The standard InChI is InChI=1S/C22H44NO5P/c1-4-5-6-7-8-9-10-11-12-13-14-15-16-17-18-19-21(24)23-22(2,3)20-28-29(25,26)27/h11-12H,4-10,13-20H2,1-3H3,(H,23,24)(H2,25,26,27)/p-2/b12-11-. The molecule has 0 rings (SSSR count). The number of rotatable bonds is 19. The number of hydrogen-bond acceptors (Lipinski definition) is 5. The van der Waals surface area contributed by atoms with Crippen LogP contribution in [-0.4, -0.2) is 18.1 Å². The van der Waals surface area contributed by atoms with Crippen LogP contribution in [-0.2, 0) is 13.9 Å². The van der Waals surface area contributed by atoms with Gasteiger partial charge in [-0.3, -0.25) is 4.79 Å². The molecule has 0 aromatic rings. The molecule has 0 atom stereocenters. The van der Waals surface area contributed by atoms with Crippen LogP contribution in [0.4, 0.5) is 0 Å². The van der Waals surface area contributed by atoms with E-state index in [0.29, 0.717) is 6.42 Å². The molecule has 0 aliphatic carbocycles. The van der Waals surface area contributed by atoms with Crippen molar-refractivity contribution in [2.24, 2.45) is 0 Å². The Balaban J connectivity index is 3.52. The van der Waals surface area contributed by atoms with Gasteiger partial charge in [0.1, 0.15) is 0 Å². The molecule has 0 radical (unpaired) electrons. The maximum atomic E-state index is 11.9. The summed E-state index contributed by atoms with van der Waals surface area (Å²) in [6.07, 6.45) is 20.7. The van der Waals surface area contributed by atoms with Gasteiger partial charge in [-0.25, -0.2) is 0 Å². The predicted octanol–water partition coefficient (Wildman–Crippen LogP) is 4.76. The summed E-state index contributed by atoms with van der Waals surface area (Å²) in [4.78, 5) is 33.0. The first-order valence-corrected chi connectivity index (χ1v) is 12.7. The fourth-order valence-corrected chi connectivity index (χ4v) is 3.55. The zero-order chi connectivity index (χ0) is 22.0. The molecule has 0 spiro atoms. The van der Waals surface area contributed by atoms with E-state index in [4.69, 9.17) is 0 Å². The molecule has 0 heterocycles. The first-order valence-electron chi connectivity index (χ1n) is 11.3. The Morgan fingerprint density at radius 3 is 1.90 bits per heavy atom. The van der Waals surface area contributed by atoms with Crippen molar-refractivity contribution in [1.82, 2.24) is 5.32 Å². The number of allylic oxidation sites excluding steroid dienone is 2. The summed E-state index contributed by atoms with van der Waals surface area (Å²) in [6, 6.07) is 0. The molecule has 0 saturated heterocycles. The van der Waals surface area contributed by atoms with Gasteiger partial charge in [-0.15, -0.1) is 0 Å².